The van der Waals surface area contributed by atoms with Crippen LogP contribution < -0.4 is 0 Å². The minimum absolute atomic E-state index is 0.758. The number of halogens is 1. The maximum absolute atomic E-state index is 6.07. The topological polar surface area (TPSA) is 4.93 Å². The van der Waals surface area contributed by atoms with Crippen molar-refractivity contribution in [1.82, 2.24) is 4.57 Å². The monoisotopic (exact) mass is 317 g/mol. The lowest BCUT2D eigenvalue weighted by Gasteiger charge is -2.09. The van der Waals surface area contributed by atoms with Crippen molar-refractivity contribution < 1.29 is 0 Å². The van der Waals surface area contributed by atoms with Gasteiger partial charge in [-0.15, -0.1) is 0 Å². The van der Waals surface area contributed by atoms with Crippen molar-refractivity contribution in [3.05, 3.63) is 83.9 Å². The van der Waals surface area contributed by atoms with Gasteiger partial charge in [-0.1, -0.05) is 72.3 Å². The van der Waals surface area contributed by atoms with Gasteiger partial charge in [0.15, 0.2) is 0 Å². The summed E-state index contributed by atoms with van der Waals surface area (Å²) in [6, 6.07) is 27.2. The highest BCUT2D eigenvalue weighted by Crippen LogP contribution is 2.40. The van der Waals surface area contributed by atoms with E-state index in [-0.39, 0.29) is 0 Å². The van der Waals surface area contributed by atoms with Crippen LogP contribution in [0.2, 0.25) is 5.02 Å². The number of aryl methyl sites for hydroxylation is 1. The van der Waals surface area contributed by atoms with Crippen LogP contribution in [0.5, 0.6) is 0 Å². The predicted molar refractivity (Wildman–Crippen MR) is 98.8 cm³/mol. The summed E-state index contributed by atoms with van der Waals surface area (Å²) < 4.78 is 2.26. The van der Waals surface area contributed by atoms with Crippen LogP contribution in [0.25, 0.3) is 33.3 Å². The van der Waals surface area contributed by atoms with Gasteiger partial charge in [-0.25, -0.2) is 0 Å². The zero-order valence-electron chi connectivity index (χ0n) is 12.8. The Hall–Kier alpha value is -2.51. The van der Waals surface area contributed by atoms with Crippen LogP contribution >= 0.6 is 11.6 Å². The van der Waals surface area contributed by atoms with Crippen molar-refractivity contribution >= 4 is 22.5 Å². The fraction of sp³-hybridized carbons (Fsp3) is 0.0476. The summed E-state index contributed by atoms with van der Waals surface area (Å²) >= 11 is 6.07. The second kappa shape index (κ2) is 5.60. The van der Waals surface area contributed by atoms with Gasteiger partial charge in [0.05, 0.1) is 5.69 Å². The number of para-hydroxylation sites is 1. The van der Waals surface area contributed by atoms with Crippen LogP contribution in [0.15, 0.2) is 78.9 Å². The molecule has 23 heavy (non-hydrogen) atoms. The predicted octanol–water partition coefficient (Wildman–Crippen LogP) is 6.17. The zero-order chi connectivity index (χ0) is 15.8. The molecule has 112 valence electrons. The molecule has 1 heterocycles. The lowest BCUT2D eigenvalue weighted by atomic mass is 9.98. The van der Waals surface area contributed by atoms with Gasteiger partial charge in [0, 0.05) is 28.5 Å². The van der Waals surface area contributed by atoms with Crippen LogP contribution in [0.1, 0.15) is 0 Å². The number of hydrogen-bond acceptors (Lipinski definition) is 0. The second-order valence-corrected chi connectivity index (χ2v) is 6.11. The molecular formula is C21H16ClN. The number of benzene rings is 3. The summed E-state index contributed by atoms with van der Waals surface area (Å²) in [6.07, 6.45) is 0. The molecule has 1 aromatic heterocycles. The number of hydrogen-bond donors (Lipinski definition) is 0. The summed E-state index contributed by atoms with van der Waals surface area (Å²) in [5, 5.41) is 2.03. The maximum atomic E-state index is 6.07. The minimum atomic E-state index is 0.758. The van der Waals surface area contributed by atoms with Gasteiger partial charge in [0.2, 0.25) is 0 Å². The first-order chi connectivity index (χ1) is 11.3. The van der Waals surface area contributed by atoms with E-state index in [9.17, 15) is 0 Å². The van der Waals surface area contributed by atoms with Crippen LogP contribution in [-0.4, -0.2) is 4.57 Å². The molecule has 0 saturated carbocycles. The average Bonchev–Trinajstić information content (AvgIpc) is 2.90. The summed E-state index contributed by atoms with van der Waals surface area (Å²) in [5.74, 6) is 0. The molecule has 0 saturated heterocycles. The lowest BCUT2D eigenvalue weighted by molar-refractivity contribution is 0.979. The van der Waals surface area contributed by atoms with E-state index in [0.717, 1.165) is 5.02 Å². The van der Waals surface area contributed by atoms with Crippen molar-refractivity contribution in [2.75, 3.05) is 0 Å². The van der Waals surface area contributed by atoms with E-state index >= 15 is 0 Å². The van der Waals surface area contributed by atoms with Gasteiger partial charge in [0.1, 0.15) is 0 Å². The van der Waals surface area contributed by atoms with E-state index in [0.29, 0.717) is 0 Å². The minimum Gasteiger partial charge on any atom is -0.343 e. The molecule has 0 spiro atoms. The van der Waals surface area contributed by atoms with Gasteiger partial charge in [-0.2, -0.15) is 0 Å². The molecule has 0 unspecified atom stereocenters. The molecule has 0 aliphatic heterocycles. The molecule has 0 amide bonds. The molecule has 0 fully saturated rings. The van der Waals surface area contributed by atoms with Crippen LogP contribution in [0.3, 0.4) is 0 Å². The molecule has 3 aromatic carbocycles. The Balaban J connectivity index is 2.10. The Bertz CT molecular complexity index is 966. The first-order valence-corrected chi connectivity index (χ1v) is 8.02. The third-order valence-corrected chi connectivity index (χ3v) is 4.54. The molecule has 1 nitrogen and oxygen atoms in total. The lowest BCUT2D eigenvalue weighted by Crippen LogP contribution is -1.92. The van der Waals surface area contributed by atoms with Gasteiger partial charge in [-0.3, -0.25) is 0 Å². The Labute approximate surface area is 140 Å². The molecule has 0 N–H and O–H groups in total. The van der Waals surface area contributed by atoms with Gasteiger partial charge >= 0.3 is 0 Å². The third-order valence-electron chi connectivity index (χ3n) is 4.29. The summed E-state index contributed by atoms with van der Waals surface area (Å²) in [6.45, 7) is 0. The Kier molecular flexibility index (Phi) is 3.44. The van der Waals surface area contributed by atoms with Crippen LogP contribution in [0.4, 0.5) is 0 Å². The normalized spacial score (nSPS) is 11.0. The van der Waals surface area contributed by atoms with Crippen molar-refractivity contribution in [3.63, 3.8) is 0 Å². The number of nitrogens with zero attached hydrogens (tertiary/aromatic N) is 1. The molecule has 0 atom stereocenters. The Morgan fingerprint density at radius 1 is 0.696 bits per heavy atom. The fourth-order valence-corrected chi connectivity index (χ4v) is 3.36. The molecule has 0 bridgehead atoms. The standard InChI is InChI=1S/C21H16ClN/c1-23-19-10-6-5-9-18(19)20(15-7-3-2-4-8-15)21(23)16-11-13-17(22)14-12-16/h2-14H,1H3. The highest BCUT2D eigenvalue weighted by Gasteiger charge is 2.17. The van der Waals surface area contributed by atoms with Crippen molar-refractivity contribution in [3.8, 4) is 22.4 Å². The smallest absolute Gasteiger partial charge is 0.0568 e. The maximum Gasteiger partial charge on any atom is 0.0568 e. The van der Waals surface area contributed by atoms with Crippen LogP contribution in [-0.2, 0) is 7.05 Å². The zero-order valence-corrected chi connectivity index (χ0v) is 13.6. The van der Waals surface area contributed by atoms with E-state index in [2.05, 4.69) is 78.3 Å². The number of rotatable bonds is 2. The number of fused-ring (bicyclic) bond motifs is 1. The summed E-state index contributed by atoms with van der Waals surface area (Å²) in [5.41, 5.74) is 6.12. The third kappa shape index (κ3) is 2.34. The van der Waals surface area contributed by atoms with Gasteiger partial charge in [-0.05, 0) is 29.3 Å². The molecule has 4 rings (SSSR count). The van der Waals surface area contributed by atoms with Crippen molar-refractivity contribution in [1.29, 1.82) is 0 Å². The summed E-state index contributed by atoms with van der Waals surface area (Å²) in [7, 11) is 2.12. The first kappa shape index (κ1) is 14.1. The highest BCUT2D eigenvalue weighted by molar-refractivity contribution is 6.30. The highest BCUT2D eigenvalue weighted by atomic mass is 35.5. The quantitative estimate of drug-likeness (QED) is 0.417. The molecule has 0 radical (unpaired) electrons. The molecule has 0 aliphatic rings. The van der Waals surface area contributed by atoms with E-state index in [1.165, 1.54) is 33.3 Å². The molecule has 0 aliphatic carbocycles. The van der Waals surface area contributed by atoms with Crippen molar-refractivity contribution in [2.24, 2.45) is 7.05 Å². The number of aromatic nitrogens is 1. The average molecular weight is 318 g/mol. The van der Waals surface area contributed by atoms with E-state index < -0.39 is 0 Å². The van der Waals surface area contributed by atoms with Crippen LogP contribution in [0, 0.1) is 0 Å². The fourth-order valence-electron chi connectivity index (χ4n) is 3.24. The Morgan fingerprint density at radius 2 is 1.35 bits per heavy atom. The first-order valence-electron chi connectivity index (χ1n) is 7.64. The molecule has 2 heteroatoms. The molecular weight excluding hydrogens is 302 g/mol. The second-order valence-electron chi connectivity index (χ2n) is 5.67. The SMILES string of the molecule is Cn1c(-c2ccc(Cl)cc2)c(-c2ccccc2)c2ccccc21. The van der Waals surface area contributed by atoms with Gasteiger partial charge < -0.3 is 4.57 Å². The largest absolute Gasteiger partial charge is 0.343 e. The van der Waals surface area contributed by atoms with Gasteiger partial charge in [0.25, 0.3) is 0 Å². The Morgan fingerprint density at radius 3 is 2.09 bits per heavy atom. The van der Waals surface area contributed by atoms with E-state index in [1.807, 2.05) is 12.1 Å². The molecule has 4 aromatic rings. The van der Waals surface area contributed by atoms with E-state index in [1.54, 1.807) is 0 Å². The van der Waals surface area contributed by atoms with Crippen molar-refractivity contribution in [2.45, 2.75) is 0 Å². The summed E-state index contributed by atoms with van der Waals surface area (Å²) in [4.78, 5) is 0. The van der Waals surface area contributed by atoms with E-state index in [4.69, 9.17) is 11.6 Å².